The molecule has 8 heteroatoms. The number of nitrogens with one attached hydrogen (secondary N) is 2. The Morgan fingerprint density at radius 1 is 1.07 bits per heavy atom. The highest BCUT2D eigenvalue weighted by Crippen LogP contribution is 2.22. The third kappa shape index (κ3) is 4.77. The van der Waals surface area contributed by atoms with Crippen LogP contribution in [0.2, 0.25) is 0 Å². The minimum atomic E-state index is -3.66. The summed E-state index contributed by atoms with van der Waals surface area (Å²) >= 11 is 0. The van der Waals surface area contributed by atoms with E-state index in [1.165, 1.54) is 12.1 Å². The first kappa shape index (κ1) is 20.3. The lowest BCUT2D eigenvalue weighted by Crippen LogP contribution is -2.32. The number of hydrogen-bond donors (Lipinski definition) is 2. The Morgan fingerprint density at radius 3 is 2.63 bits per heavy atom. The number of para-hydroxylation sites is 1. The van der Waals surface area contributed by atoms with E-state index in [1.54, 1.807) is 23.0 Å². The minimum Gasteiger partial charge on any atom is -0.322 e. The summed E-state index contributed by atoms with van der Waals surface area (Å²) in [5.74, 6) is -0.360. The highest BCUT2D eigenvalue weighted by atomic mass is 32.2. The fourth-order valence-corrected chi connectivity index (χ4v) is 5.03. The molecule has 0 aliphatic heterocycles. The van der Waals surface area contributed by atoms with Crippen molar-refractivity contribution in [1.29, 1.82) is 0 Å². The predicted molar refractivity (Wildman–Crippen MR) is 115 cm³/mol. The van der Waals surface area contributed by atoms with Crippen molar-refractivity contribution in [1.82, 2.24) is 14.5 Å². The molecule has 0 unspecified atom stereocenters. The number of rotatable bonds is 7. The van der Waals surface area contributed by atoms with Gasteiger partial charge in [-0.2, -0.15) is 5.10 Å². The molecule has 2 aromatic carbocycles. The molecule has 1 fully saturated rings. The highest BCUT2D eigenvalue weighted by molar-refractivity contribution is 7.89. The van der Waals surface area contributed by atoms with E-state index in [-0.39, 0.29) is 22.4 Å². The van der Waals surface area contributed by atoms with Gasteiger partial charge in [0.2, 0.25) is 10.0 Å². The fourth-order valence-electron chi connectivity index (χ4n) is 3.68. The van der Waals surface area contributed by atoms with Gasteiger partial charge in [0.25, 0.3) is 5.91 Å². The Kier molecular flexibility index (Phi) is 5.96. The maximum absolute atomic E-state index is 12.8. The number of carbonyl (C=O) groups excluding carboxylic acids is 1. The molecule has 1 aromatic heterocycles. The van der Waals surface area contributed by atoms with Gasteiger partial charge in [0.15, 0.2) is 0 Å². The van der Waals surface area contributed by atoms with Crippen molar-refractivity contribution >= 4 is 21.6 Å². The van der Waals surface area contributed by atoms with E-state index < -0.39 is 10.0 Å². The van der Waals surface area contributed by atoms with Crippen LogP contribution in [0.1, 0.15) is 41.6 Å². The minimum absolute atomic E-state index is 0.0262. The molecular weight excluding hydrogens is 400 g/mol. The van der Waals surface area contributed by atoms with E-state index >= 15 is 0 Å². The fraction of sp³-hybridized carbons (Fsp3) is 0.273. The Bertz CT molecular complexity index is 1120. The predicted octanol–water partition coefficient (Wildman–Crippen LogP) is 3.40. The molecular formula is C22H24N4O3S. The van der Waals surface area contributed by atoms with Crippen LogP contribution >= 0.6 is 0 Å². The number of amides is 1. The SMILES string of the molecule is O=C(Nc1ccccc1Cn1cccn1)c1cccc(S(=O)(=O)NC2CCCC2)c1. The van der Waals surface area contributed by atoms with Crippen molar-refractivity contribution in [2.75, 3.05) is 5.32 Å². The number of carbonyl (C=O) groups is 1. The lowest BCUT2D eigenvalue weighted by molar-refractivity contribution is 0.102. The zero-order valence-corrected chi connectivity index (χ0v) is 17.3. The van der Waals surface area contributed by atoms with Crippen molar-refractivity contribution in [3.8, 4) is 0 Å². The highest BCUT2D eigenvalue weighted by Gasteiger charge is 2.23. The van der Waals surface area contributed by atoms with Gasteiger partial charge in [0.1, 0.15) is 0 Å². The topological polar surface area (TPSA) is 93.1 Å². The van der Waals surface area contributed by atoms with E-state index in [1.807, 2.05) is 36.5 Å². The summed E-state index contributed by atoms with van der Waals surface area (Å²) in [6.07, 6.45) is 7.33. The summed E-state index contributed by atoms with van der Waals surface area (Å²) in [6.45, 7) is 0.517. The average Bonchev–Trinajstić information content (AvgIpc) is 3.43. The van der Waals surface area contributed by atoms with E-state index in [0.29, 0.717) is 12.2 Å². The van der Waals surface area contributed by atoms with Gasteiger partial charge in [0.05, 0.1) is 11.4 Å². The summed E-state index contributed by atoms with van der Waals surface area (Å²) in [7, 11) is -3.66. The lowest BCUT2D eigenvalue weighted by Gasteiger charge is -2.14. The quantitative estimate of drug-likeness (QED) is 0.608. The van der Waals surface area contributed by atoms with Crippen LogP contribution < -0.4 is 10.0 Å². The Labute approximate surface area is 176 Å². The normalized spacial score (nSPS) is 14.7. The monoisotopic (exact) mass is 424 g/mol. The van der Waals surface area contributed by atoms with Gasteiger partial charge in [0, 0.05) is 29.7 Å². The first-order chi connectivity index (χ1) is 14.5. The van der Waals surface area contributed by atoms with Crippen molar-refractivity contribution in [2.24, 2.45) is 0 Å². The van der Waals surface area contributed by atoms with Crippen LogP contribution in [0.5, 0.6) is 0 Å². The number of sulfonamides is 1. The molecule has 3 aromatic rings. The maximum atomic E-state index is 12.8. The molecule has 156 valence electrons. The van der Waals surface area contributed by atoms with Crippen LogP contribution in [-0.2, 0) is 16.6 Å². The second-order valence-corrected chi connectivity index (χ2v) is 9.16. The summed E-state index contributed by atoms with van der Waals surface area (Å²) in [5.41, 5.74) is 1.86. The molecule has 30 heavy (non-hydrogen) atoms. The molecule has 1 aliphatic rings. The molecule has 0 saturated heterocycles. The molecule has 1 aliphatic carbocycles. The van der Waals surface area contributed by atoms with Gasteiger partial charge >= 0.3 is 0 Å². The van der Waals surface area contributed by atoms with Crippen molar-refractivity contribution < 1.29 is 13.2 Å². The van der Waals surface area contributed by atoms with Crippen LogP contribution in [0.4, 0.5) is 5.69 Å². The zero-order chi connectivity index (χ0) is 21.0. The summed E-state index contributed by atoms with van der Waals surface area (Å²) < 4.78 is 29.9. The third-order valence-electron chi connectivity index (χ3n) is 5.24. The van der Waals surface area contributed by atoms with Gasteiger partial charge in [-0.1, -0.05) is 37.1 Å². The Morgan fingerprint density at radius 2 is 1.87 bits per heavy atom. The Balaban J connectivity index is 1.51. The van der Waals surface area contributed by atoms with Crippen LogP contribution in [0.25, 0.3) is 0 Å². The molecule has 1 amide bonds. The van der Waals surface area contributed by atoms with Gasteiger partial charge in [-0.25, -0.2) is 13.1 Å². The number of anilines is 1. The molecule has 0 spiro atoms. The average molecular weight is 425 g/mol. The summed E-state index contributed by atoms with van der Waals surface area (Å²) in [4.78, 5) is 12.9. The standard InChI is InChI=1S/C22H24N4O3S/c27-22(24-21-12-4-1-7-18(21)16-26-14-6-13-23-26)17-8-5-11-20(15-17)30(28,29)25-19-9-2-3-10-19/h1,4-8,11-15,19,25H,2-3,9-10,16H2,(H,24,27). The second-order valence-electron chi connectivity index (χ2n) is 7.45. The zero-order valence-electron chi connectivity index (χ0n) is 16.5. The Hall–Kier alpha value is -2.97. The number of nitrogens with zero attached hydrogens (tertiary/aromatic N) is 2. The molecule has 2 N–H and O–H groups in total. The largest absolute Gasteiger partial charge is 0.322 e. The third-order valence-corrected chi connectivity index (χ3v) is 6.76. The van der Waals surface area contributed by atoms with E-state index in [0.717, 1.165) is 31.2 Å². The molecule has 1 saturated carbocycles. The van der Waals surface area contributed by atoms with Crippen LogP contribution in [0.15, 0.2) is 71.9 Å². The molecule has 4 rings (SSSR count). The smallest absolute Gasteiger partial charge is 0.255 e. The molecule has 1 heterocycles. The van der Waals surface area contributed by atoms with Crippen molar-refractivity contribution in [2.45, 2.75) is 43.2 Å². The first-order valence-corrected chi connectivity index (χ1v) is 11.5. The molecule has 0 radical (unpaired) electrons. The summed E-state index contributed by atoms with van der Waals surface area (Å²) in [5, 5.41) is 7.10. The first-order valence-electron chi connectivity index (χ1n) is 10.0. The van der Waals surface area contributed by atoms with Gasteiger partial charge in [-0.3, -0.25) is 9.48 Å². The van der Waals surface area contributed by atoms with Crippen LogP contribution in [0, 0.1) is 0 Å². The van der Waals surface area contributed by atoms with Gasteiger partial charge in [-0.05, 0) is 48.7 Å². The van der Waals surface area contributed by atoms with Gasteiger partial charge in [-0.15, -0.1) is 0 Å². The van der Waals surface area contributed by atoms with Crippen molar-refractivity contribution in [3.05, 3.63) is 78.1 Å². The second kappa shape index (κ2) is 8.81. The van der Waals surface area contributed by atoms with E-state index in [9.17, 15) is 13.2 Å². The van der Waals surface area contributed by atoms with Crippen molar-refractivity contribution in [3.63, 3.8) is 0 Å². The number of aromatic nitrogens is 2. The molecule has 0 atom stereocenters. The maximum Gasteiger partial charge on any atom is 0.255 e. The van der Waals surface area contributed by atoms with Gasteiger partial charge < -0.3 is 5.32 Å². The number of hydrogen-bond acceptors (Lipinski definition) is 4. The lowest BCUT2D eigenvalue weighted by atomic mass is 10.1. The van der Waals surface area contributed by atoms with Crippen LogP contribution in [0.3, 0.4) is 0 Å². The summed E-state index contributed by atoms with van der Waals surface area (Å²) in [6, 6.07) is 15.4. The van der Waals surface area contributed by atoms with E-state index in [2.05, 4.69) is 15.1 Å². The van der Waals surface area contributed by atoms with Crippen LogP contribution in [-0.4, -0.2) is 30.1 Å². The molecule has 0 bridgehead atoms. The number of benzene rings is 2. The molecule has 7 nitrogen and oxygen atoms in total. The van der Waals surface area contributed by atoms with E-state index in [4.69, 9.17) is 0 Å².